The van der Waals surface area contributed by atoms with E-state index in [1.807, 2.05) is 11.8 Å². The zero-order valence-corrected chi connectivity index (χ0v) is 9.48. The first-order chi connectivity index (χ1) is 6.72. The minimum atomic E-state index is -0.0653. The number of hydrogen-bond acceptors (Lipinski definition) is 4. The van der Waals surface area contributed by atoms with Gasteiger partial charge in [0.2, 0.25) is 5.91 Å². The van der Waals surface area contributed by atoms with E-state index in [2.05, 4.69) is 17.2 Å². The normalized spacial score (nSPS) is 23.4. The second-order valence-corrected chi connectivity index (χ2v) is 5.20. The highest BCUT2D eigenvalue weighted by molar-refractivity contribution is 7.99. The number of carbonyl (C=O) groups is 1. The maximum Gasteiger partial charge on any atom is 0.233 e. The van der Waals surface area contributed by atoms with Gasteiger partial charge in [-0.15, -0.1) is 0 Å². The summed E-state index contributed by atoms with van der Waals surface area (Å²) < 4.78 is 0. The van der Waals surface area contributed by atoms with Crippen LogP contribution in [0.25, 0.3) is 0 Å². The fourth-order valence-corrected chi connectivity index (χ4v) is 2.71. The summed E-state index contributed by atoms with van der Waals surface area (Å²) in [5, 5.41) is 0.729. The fourth-order valence-electron chi connectivity index (χ4n) is 1.63. The molecule has 1 atom stereocenters. The molecule has 0 radical (unpaired) electrons. The lowest BCUT2D eigenvalue weighted by atomic mass is 10.2. The van der Waals surface area contributed by atoms with Gasteiger partial charge in [-0.2, -0.15) is 11.8 Å². The van der Waals surface area contributed by atoms with Crippen LogP contribution < -0.4 is 11.3 Å². The molecule has 1 unspecified atom stereocenters. The second kappa shape index (κ2) is 6.27. The van der Waals surface area contributed by atoms with Crippen molar-refractivity contribution in [3.8, 4) is 0 Å². The summed E-state index contributed by atoms with van der Waals surface area (Å²) in [5.41, 5.74) is 2.15. The summed E-state index contributed by atoms with van der Waals surface area (Å²) >= 11 is 2.03. The Labute approximate surface area is 89.6 Å². The molecule has 0 aromatic carbocycles. The van der Waals surface area contributed by atoms with Crippen LogP contribution in [0.4, 0.5) is 0 Å². The first-order valence-electron chi connectivity index (χ1n) is 5.06. The SMILES string of the molecule is CC1CN(CCCC(=O)NN)CCS1. The number of nitrogens with zero attached hydrogens (tertiary/aromatic N) is 1. The van der Waals surface area contributed by atoms with Crippen LogP contribution in [0.3, 0.4) is 0 Å². The lowest BCUT2D eigenvalue weighted by Gasteiger charge is -2.30. The van der Waals surface area contributed by atoms with Crippen molar-refractivity contribution in [2.24, 2.45) is 5.84 Å². The number of rotatable bonds is 4. The standard InChI is InChI=1S/C9H19N3OS/c1-8-7-12(5-6-14-8)4-2-3-9(13)11-10/h8H,2-7,10H2,1H3,(H,11,13). The minimum absolute atomic E-state index is 0.0653. The first-order valence-corrected chi connectivity index (χ1v) is 6.10. The Morgan fingerprint density at radius 2 is 2.50 bits per heavy atom. The number of nitrogens with two attached hydrogens (primary N) is 1. The zero-order valence-electron chi connectivity index (χ0n) is 8.66. The fraction of sp³-hybridized carbons (Fsp3) is 0.889. The van der Waals surface area contributed by atoms with Gasteiger partial charge in [0, 0.05) is 30.5 Å². The smallest absolute Gasteiger partial charge is 0.233 e. The van der Waals surface area contributed by atoms with Crippen LogP contribution in [-0.4, -0.2) is 41.4 Å². The Bertz CT molecular complexity index is 189. The van der Waals surface area contributed by atoms with Crippen molar-refractivity contribution in [2.75, 3.05) is 25.4 Å². The molecule has 5 heteroatoms. The molecule has 0 saturated carbocycles. The molecule has 82 valence electrons. The maximum absolute atomic E-state index is 10.9. The van der Waals surface area contributed by atoms with Gasteiger partial charge in [-0.1, -0.05) is 6.92 Å². The average Bonchev–Trinajstić information content (AvgIpc) is 2.17. The Kier molecular flexibility index (Phi) is 5.29. The molecule has 1 saturated heterocycles. The minimum Gasteiger partial charge on any atom is -0.301 e. The van der Waals surface area contributed by atoms with Crippen molar-refractivity contribution in [1.29, 1.82) is 0 Å². The third-order valence-electron chi connectivity index (χ3n) is 2.36. The van der Waals surface area contributed by atoms with Crippen molar-refractivity contribution in [3.63, 3.8) is 0 Å². The number of thioether (sulfide) groups is 1. The summed E-state index contributed by atoms with van der Waals surface area (Å²) in [7, 11) is 0. The van der Waals surface area contributed by atoms with E-state index in [1.165, 1.54) is 5.75 Å². The van der Waals surface area contributed by atoms with Gasteiger partial charge in [-0.05, 0) is 13.0 Å². The number of hydrazine groups is 1. The summed E-state index contributed by atoms with van der Waals surface area (Å²) in [4.78, 5) is 13.3. The molecule has 0 aromatic rings. The van der Waals surface area contributed by atoms with Crippen LogP contribution in [0.2, 0.25) is 0 Å². The van der Waals surface area contributed by atoms with Crippen LogP contribution in [-0.2, 0) is 4.79 Å². The summed E-state index contributed by atoms with van der Waals surface area (Å²) in [5.74, 6) is 6.14. The molecule has 0 aliphatic carbocycles. The lowest BCUT2D eigenvalue weighted by Crippen LogP contribution is -2.38. The van der Waals surface area contributed by atoms with E-state index in [0.717, 1.165) is 31.3 Å². The van der Waals surface area contributed by atoms with Crippen LogP contribution in [0.15, 0.2) is 0 Å². The van der Waals surface area contributed by atoms with E-state index in [0.29, 0.717) is 6.42 Å². The van der Waals surface area contributed by atoms with Crippen LogP contribution in [0, 0.1) is 0 Å². The second-order valence-electron chi connectivity index (χ2n) is 3.65. The molecular formula is C9H19N3OS. The molecule has 1 aliphatic heterocycles. The molecule has 4 nitrogen and oxygen atoms in total. The van der Waals surface area contributed by atoms with Crippen molar-refractivity contribution < 1.29 is 4.79 Å². The van der Waals surface area contributed by atoms with Gasteiger partial charge >= 0.3 is 0 Å². The third kappa shape index (κ3) is 4.30. The topological polar surface area (TPSA) is 58.4 Å². The van der Waals surface area contributed by atoms with E-state index >= 15 is 0 Å². The van der Waals surface area contributed by atoms with Gasteiger partial charge in [0.1, 0.15) is 0 Å². The van der Waals surface area contributed by atoms with Gasteiger partial charge in [0.05, 0.1) is 0 Å². The van der Waals surface area contributed by atoms with Gasteiger partial charge in [0.15, 0.2) is 0 Å². The molecular weight excluding hydrogens is 198 g/mol. The zero-order chi connectivity index (χ0) is 10.4. The van der Waals surface area contributed by atoms with E-state index in [4.69, 9.17) is 5.84 Å². The molecule has 1 aliphatic rings. The van der Waals surface area contributed by atoms with Gasteiger partial charge < -0.3 is 4.90 Å². The maximum atomic E-state index is 10.9. The first kappa shape index (κ1) is 11.8. The monoisotopic (exact) mass is 217 g/mol. The quantitative estimate of drug-likeness (QED) is 0.401. The summed E-state index contributed by atoms with van der Waals surface area (Å²) in [6.45, 7) is 5.57. The molecule has 0 spiro atoms. The average molecular weight is 217 g/mol. The predicted molar refractivity (Wildman–Crippen MR) is 59.9 cm³/mol. The van der Waals surface area contributed by atoms with Crippen molar-refractivity contribution >= 4 is 17.7 Å². The molecule has 0 aromatic heterocycles. The Balaban J connectivity index is 2.08. The van der Waals surface area contributed by atoms with Gasteiger partial charge in [0.25, 0.3) is 0 Å². The Morgan fingerprint density at radius 3 is 3.14 bits per heavy atom. The van der Waals surface area contributed by atoms with E-state index in [1.54, 1.807) is 0 Å². The lowest BCUT2D eigenvalue weighted by molar-refractivity contribution is -0.121. The van der Waals surface area contributed by atoms with Crippen molar-refractivity contribution in [3.05, 3.63) is 0 Å². The van der Waals surface area contributed by atoms with E-state index < -0.39 is 0 Å². The summed E-state index contributed by atoms with van der Waals surface area (Å²) in [6.07, 6.45) is 1.44. The summed E-state index contributed by atoms with van der Waals surface area (Å²) in [6, 6.07) is 0. The van der Waals surface area contributed by atoms with Crippen LogP contribution in [0.1, 0.15) is 19.8 Å². The van der Waals surface area contributed by atoms with Crippen molar-refractivity contribution in [2.45, 2.75) is 25.0 Å². The van der Waals surface area contributed by atoms with Crippen molar-refractivity contribution in [1.82, 2.24) is 10.3 Å². The number of hydrogen-bond donors (Lipinski definition) is 2. The number of carbonyl (C=O) groups excluding carboxylic acids is 1. The molecule has 1 heterocycles. The molecule has 0 bridgehead atoms. The largest absolute Gasteiger partial charge is 0.301 e. The van der Waals surface area contributed by atoms with Crippen LogP contribution >= 0.6 is 11.8 Å². The molecule has 1 rings (SSSR count). The van der Waals surface area contributed by atoms with E-state index in [-0.39, 0.29) is 5.91 Å². The van der Waals surface area contributed by atoms with Crippen LogP contribution in [0.5, 0.6) is 0 Å². The Morgan fingerprint density at radius 1 is 1.71 bits per heavy atom. The highest BCUT2D eigenvalue weighted by Crippen LogP contribution is 2.17. The highest BCUT2D eigenvalue weighted by Gasteiger charge is 2.15. The van der Waals surface area contributed by atoms with E-state index in [9.17, 15) is 4.79 Å². The predicted octanol–water partition coefficient (Wildman–Crippen LogP) is 0.194. The van der Waals surface area contributed by atoms with Gasteiger partial charge in [-0.25, -0.2) is 5.84 Å². The highest BCUT2D eigenvalue weighted by atomic mass is 32.2. The third-order valence-corrected chi connectivity index (χ3v) is 3.50. The van der Waals surface area contributed by atoms with Gasteiger partial charge in [-0.3, -0.25) is 10.2 Å². The number of nitrogens with one attached hydrogen (secondary N) is 1. The molecule has 3 N–H and O–H groups in total. The molecule has 1 amide bonds. The number of amides is 1. The molecule has 1 fully saturated rings. The Hall–Kier alpha value is -0.260. The molecule has 14 heavy (non-hydrogen) atoms.